The highest BCUT2D eigenvalue weighted by Gasteiger charge is 2.18. The van der Waals surface area contributed by atoms with Crippen molar-refractivity contribution in [1.82, 2.24) is 4.98 Å². The lowest BCUT2D eigenvalue weighted by Crippen LogP contribution is -2.36. The number of aromatic nitrogens is 1. The molecule has 1 amide bonds. The second-order valence-corrected chi connectivity index (χ2v) is 5.32. The number of primary amides is 1. The molecule has 5 nitrogen and oxygen atoms in total. The topological polar surface area (TPSA) is 85.2 Å². The molecule has 1 rings (SSSR count). The number of unbranched alkanes of at least 4 members (excludes halogenated alkanes) is 1. The fraction of sp³-hybridized carbons (Fsp3) is 0.500. The minimum atomic E-state index is -0.393. The summed E-state index contributed by atoms with van der Waals surface area (Å²) in [5, 5.41) is 0. The van der Waals surface area contributed by atoms with Crippen molar-refractivity contribution in [1.29, 1.82) is 0 Å². The molecule has 1 aromatic heterocycles. The zero-order valence-corrected chi connectivity index (χ0v) is 13.1. The highest BCUT2D eigenvalue weighted by Crippen LogP contribution is 2.23. The average Bonchev–Trinajstić information content (AvgIpc) is 2.32. The summed E-state index contributed by atoms with van der Waals surface area (Å²) >= 11 is 5.12. The van der Waals surface area contributed by atoms with Gasteiger partial charge in [-0.15, -0.1) is 0 Å². The summed E-state index contributed by atoms with van der Waals surface area (Å²) in [6.45, 7) is 6.75. The van der Waals surface area contributed by atoms with Crippen LogP contribution in [0.4, 0.5) is 5.82 Å². The maximum Gasteiger partial charge on any atom is 0.236 e. The van der Waals surface area contributed by atoms with Gasteiger partial charge in [0.05, 0.1) is 12.1 Å². The largest absolute Gasteiger partial charge is 0.389 e. The van der Waals surface area contributed by atoms with Crippen LogP contribution in [0.15, 0.2) is 6.07 Å². The van der Waals surface area contributed by atoms with Crippen molar-refractivity contribution >= 4 is 28.9 Å². The summed E-state index contributed by atoms with van der Waals surface area (Å²) in [4.78, 5) is 17.9. The maximum absolute atomic E-state index is 11.3. The zero-order chi connectivity index (χ0) is 15.3. The fourth-order valence-corrected chi connectivity index (χ4v) is 2.40. The van der Waals surface area contributed by atoms with E-state index in [9.17, 15) is 4.79 Å². The van der Waals surface area contributed by atoms with E-state index in [0.717, 1.165) is 29.7 Å². The Hall–Kier alpha value is -1.69. The molecule has 6 heteroatoms. The van der Waals surface area contributed by atoms with Gasteiger partial charge in [-0.25, -0.2) is 4.98 Å². The summed E-state index contributed by atoms with van der Waals surface area (Å²) in [7, 11) is 0. The third kappa shape index (κ3) is 4.16. The number of thiocarbonyl (C=S) groups is 1. The van der Waals surface area contributed by atoms with Crippen molar-refractivity contribution in [3.05, 3.63) is 22.9 Å². The van der Waals surface area contributed by atoms with E-state index in [0.29, 0.717) is 12.4 Å². The molecule has 1 aromatic rings. The monoisotopic (exact) mass is 294 g/mol. The van der Waals surface area contributed by atoms with Crippen molar-refractivity contribution in [3.63, 3.8) is 0 Å². The highest BCUT2D eigenvalue weighted by molar-refractivity contribution is 7.80. The molecular weight excluding hydrogens is 272 g/mol. The Bertz CT molecular complexity index is 516. The number of nitrogens with two attached hydrogens (primary N) is 2. The molecule has 0 aromatic carbocycles. The van der Waals surface area contributed by atoms with E-state index in [-0.39, 0.29) is 11.5 Å². The van der Waals surface area contributed by atoms with Gasteiger partial charge in [0.1, 0.15) is 10.8 Å². The molecule has 1 heterocycles. The van der Waals surface area contributed by atoms with Crippen molar-refractivity contribution < 1.29 is 4.79 Å². The number of anilines is 1. The number of hydrogen-bond donors (Lipinski definition) is 2. The molecule has 0 saturated carbocycles. The van der Waals surface area contributed by atoms with Crippen LogP contribution in [0.5, 0.6) is 0 Å². The number of rotatable bonds is 7. The molecule has 0 atom stereocenters. The maximum atomic E-state index is 11.3. The van der Waals surface area contributed by atoms with Crippen LogP contribution >= 0.6 is 12.2 Å². The smallest absolute Gasteiger partial charge is 0.236 e. The SMILES string of the molecule is CCCCN(CC(N)=O)c1nc(C)cc(C)c1C(N)=S. The molecule has 0 aliphatic heterocycles. The van der Waals surface area contributed by atoms with Gasteiger partial charge in [-0.1, -0.05) is 25.6 Å². The van der Waals surface area contributed by atoms with E-state index in [1.165, 1.54) is 0 Å². The minimum absolute atomic E-state index is 0.117. The average molecular weight is 294 g/mol. The lowest BCUT2D eigenvalue weighted by molar-refractivity contribution is -0.116. The van der Waals surface area contributed by atoms with Crippen molar-refractivity contribution in [2.45, 2.75) is 33.6 Å². The number of carbonyl (C=O) groups excluding carboxylic acids is 1. The van der Waals surface area contributed by atoms with Crippen LogP contribution in [0.3, 0.4) is 0 Å². The molecule has 20 heavy (non-hydrogen) atoms. The first-order valence-corrected chi connectivity index (χ1v) is 7.09. The van der Waals surface area contributed by atoms with Crippen LogP contribution in [0.25, 0.3) is 0 Å². The van der Waals surface area contributed by atoms with Gasteiger partial charge in [0.15, 0.2) is 0 Å². The second kappa shape index (κ2) is 7.19. The van der Waals surface area contributed by atoms with Gasteiger partial charge in [-0.2, -0.15) is 0 Å². The van der Waals surface area contributed by atoms with Crippen molar-refractivity contribution in [2.24, 2.45) is 11.5 Å². The van der Waals surface area contributed by atoms with Crippen LogP contribution in [-0.2, 0) is 4.79 Å². The molecule has 0 fully saturated rings. The van der Waals surface area contributed by atoms with E-state index in [1.54, 1.807) is 0 Å². The molecule has 0 aliphatic carbocycles. The Balaban J connectivity index is 3.29. The lowest BCUT2D eigenvalue weighted by atomic mass is 10.1. The van der Waals surface area contributed by atoms with E-state index in [4.69, 9.17) is 23.7 Å². The van der Waals surface area contributed by atoms with E-state index < -0.39 is 5.91 Å². The number of nitrogens with zero attached hydrogens (tertiary/aromatic N) is 2. The van der Waals surface area contributed by atoms with E-state index >= 15 is 0 Å². The van der Waals surface area contributed by atoms with E-state index in [1.807, 2.05) is 24.8 Å². The van der Waals surface area contributed by atoms with Gasteiger partial charge in [0.2, 0.25) is 5.91 Å². The number of amides is 1. The van der Waals surface area contributed by atoms with Gasteiger partial charge in [-0.05, 0) is 31.9 Å². The van der Waals surface area contributed by atoms with Crippen LogP contribution in [0.1, 0.15) is 36.6 Å². The van der Waals surface area contributed by atoms with Gasteiger partial charge < -0.3 is 16.4 Å². The van der Waals surface area contributed by atoms with Crippen molar-refractivity contribution in [3.8, 4) is 0 Å². The molecule has 4 N–H and O–H groups in total. The van der Waals surface area contributed by atoms with Gasteiger partial charge in [0.25, 0.3) is 0 Å². The first-order chi connectivity index (χ1) is 9.36. The number of pyridine rings is 1. The summed E-state index contributed by atoms with van der Waals surface area (Å²) in [5.74, 6) is 0.262. The number of hydrogen-bond acceptors (Lipinski definition) is 4. The predicted molar refractivity (Wildman–Crippen MR) is 85.9 cm³/mol. The van der Waals surface area contributed by atoms with Gasteiger partial charge in [0, 0.05) is 12.2 Å². The molecule has 0 spiro atoms. The fourth-order valence-electron chi connectivity index (χ4n) is 2.15. The van der Waals surface area contributed by atoms with Crippen LogP contribution in [0.2, 0.25) is 0 Å². The van der Waals surface area contributed by atoms with Crippen molar-refractivity contribution in [2.75, 3.05) is 18.0 Å². The zero-order valence-electron chi connectivity index (χ0n) is 12.3. The first kappa shape index (κ1) is 16.4. The van der Waals surface area contributed by atoms with Gasteiger partial charge >= 0.3 is 0 Å². The molecule has 0 aliphatic rings. The Morgan fingerprint density at radius 3 is 2.55 bits per heavy atom. The number of carbonyl (C=O) groups is 1. The molecule has 0 unspecified atom stereocenters. The Labute approximate surface area is 125 Å². The molecule has 0 radical (unpaired) electrons. The Morgan fingerprint density at radius 1 is 1.40 bits per heavy atom. The van der Waals surface area contributed by atoms with Crippen LogP contribution in [-0.4, -0.2) is 29.0 Å². The van der Waals surface area contributed by atoms with Crippen LogP contribution < -0.4 is 16.4 Å². The third-order valence-electron chi connectivity index (χ3n) is 3.00. The summed E-state index contributed by atoms with van der Waals surface area (Å²) in [5.41, 5.74) is 13.7. The number of aryl methyl sites for hydroxylation is 2. The normalized spacial score (nSPS) is 10.3. The third-order valence-corrected chi connectivity index (χ3v) is 3.20. The Kier molecular flexibility index (Phi) is 5.88. The lowest BCUT2D eigenvalue weighted by Gasteiger charge is -2.25. The standard InChI is InChI=1S/C14H22N4OS/c1-4-5-6-18(8-11(15)19)14-12(13(16)20)9(2)7-10(3)17-14/h7H,4-6,8H2,1-3H3,(H2,15,19)(H2,16,20). The summed E-state index contributed by atoms with van der Waals surface area (Å²) in [6.07, 6.45) is 1.96. The quantitative estimate of drug-likeness (QED) is 0.743. The molecule has 0 bridgehead atoms. The summed E-state index contributed by atoms with van der Waals surface area (Å²) < 4.78 is 0. The minimum Gasteiger partial charge on any atom is -0.389 e. The first-order valence-electron chi connectivity index (χ1n) is 6.68. The summed E-state index contributed by atoms with van der Waals surface area (Å²) in [6, 6.07) is 1.93. The molecule has 0 saturated heterocycles. The second-order valence-electron chi connectivity index (χ2n) is 4.88. The molecule has 110 valence electrons. The molecular formula is C14H22N4OS. The van der Waals surface area contributed by atoms with E-state index in [2.05, 4.69) is 11.9 Å². The highest BCUT2D eigenvalue weighted by atomic mass is 32.1. The van der Waals surface area contributed by atoms with Gasteiger partial charge in [-0.3, -0.25) is 4.79 Å². The Morgan fingerprint density at radius 2 is 2.05 bits per heavy atom. The predicted octanol–water partition coefficient (Wildman–Crippen LogP) is 1.42. The van der Waals surface area contributed by atoms with Crippen LogP contribution in [0, 0.1) is 13.8 Å².